The van der Waals surface area contributed by atoms with Crippen molar-refractivity contribution in [3.8, 4) is 55.6 Å². The minimum atomic E-state index is 1.10. The number of nitrogens with zero attached hydrogens (tertiary/aromatic N) is 2. The van der Waals surface area contributed by atoms with Gasteiger partial charge >= 0.3 is 0 Å². The average Bonchev–Trinajstić information content (AvgIpc) is 3.17. The quantitative estimate of drug-likeness (QED) is 0.181. The highest BCUT2D eigenvalue weighted by Gasteiger charge is 2.19. The molecule has 0 saturated carbocycles. The summed E-state index contributed by atoms with van der Waals surface area (Å²) in [5, 5.41) is 7.39. The Labute approximate surface area is 279 Å². The van der Waals surface area contributed by atoms with Gasteiger partial charge in [0.25, 0.3) is 0 Å². The van der Waals surface area contributed by atoms with Gasteiger partial charge < -0.3 is 0 Å². The summed E-state index contributed by atoms with van der Waals surface area (Å²) in [6, 6.07) is 57.1. The van der Waals surface area contributed by atoms with E-state index in [1.807, 2.05) is 36.9 Å². The van der Waals surface area contributed by atoms with Gasteiger partial charge in [0.15, 0.2) is 0 Å². The lowest BCUT2D eigenvalue weighted by Gasteiger charge is -2.20. The van der Waals surface area contributed by atoms with E-state index in [1.54, 1.807) is 0 Å². The van der Waals surface area contributed by atoms with Crippen molar-refractivity contribution < 1.29 is 0 Å². The first kappa shape index (κ1) is 27.9. The van der Waals surface area contributed by atoms with Crippen molar-refractivity contribution in [2.24, 2.45) is 0 Å². The molecule has 0 N–H and O–H groups in total. The van der Waals surface area contributed by atoms with E-state index in [0.717, 1.165) is 22.3 Å². The molecule has 0 atom stereocenters. The van der Waals surface area contributed by atoms with Crippen LogP contribution in [0.4, 0.5) is 0 Å². The second kappa shape index (κ2) is 11.8. The summed E-state index contributed by atoms with van der Waals surface area (Å²) < 4.78 is 0. The Morgan fingerprint density at radius 1 is 0.292 bits per heavy atom. The second-order valence-corrected chi connectivity index (χ2v) is 12.2. The maximum absolute atomic E-state index is 4.43. The normalized spacial score (nSPS) is 11.3. The van der Waals surface area contributed by atoms with Gasteiger partial charge in [-0.3, -0.25) is 9.97 Å². The van der Waals surface area contributed by atoms with Crippen LogP contribution in [0.5, 0.6) is 0 Å². The monoisotopic (exact) mass is 610 g/mol. The second-order valence-electron chi connectivity index (χ2n) is 12.2. The highest BCUT2D eigenvalue weighted by molar-refractivity contribution is 6.22. The first-order valence-corrected chi connectivity index (χ1v) is 16.3. The van der Waals surface area contributed by atoms with E-state index in [-0.39, 0.29) is 0 Å². The highest BCUT2D eigenvalue weighted by Crippen LogP contribution is 2.46. The van der Waals surface area contributed by atoms with Gasteiger partial charge in [-0.1, -0.05) is 133 Å². The van der Waals surface area contributed by atoms with Crippen molar-refractivity contribution in [2.45, 2.75) is 0 Å². The number of hydrogen-bond acceptors (Lipinski definition) is 2. The molecule has 2 heteroatoms. The van der Waals surface area contributed by atoms with Crippen LogP contribution in [0.3, 0.4) is 0 Å². The highest BCUT2D eigenvalue weighted by atomic mass is 14.6. The number of hydrogen-bond donors (Lipinski definition) is 0. The van der Waals surface area contributed by atoms with Gasteiger partial charge in [-0.15, -0.1) is 0 Å². The van der Waals surface area contributed by atoms with Crippen molar-refractivity contribution in [2.75, 3.05) is 0 Å². The van der Waals surface area contributed by atoms with Crippen LogP contribution in [0.15, 0.2) is 183 Å². The fourth-order valence-electron chi connectivity index (χ4n) is 7.17. The van der Waals surface area contributed by atoms with Gasteiger partial charge in [0.2, 0.25) is 0 Å². The number of rotatable bonds is 5. The molecule has 48 heavy (non-hydrogen) atoms. The lowest BCUT2D eigenvalue weighted by Crippen LogP contribution is -1.93. The number of benzene rings is 7. The zero-order valence-electron chi connectivity index (χ0n) is 26.2. The molecule has 2 aromatic heterocycles. The zero-order chi connectivity index (χ0) is 31.9. The van der Waals surface area contributed by atoms with Gasteiger partial charge in [-0.25, -0.2) is 0 Å². The molecule has 2 nitrogen and oxygen atoms in total. The number of fused-ring (bicyclic) bond motifs is 3. The number of aromatic nitrogens is 2. The summed E-state index contributed by atoms with van der Waals surface area (Å²) in [7, 11) is 0. The fraction of sp³-hybridized carbons (Fsp3) is 0. The third-order valence-corrected chi connectivity index (χ3v) is 9.44. The summed E-state index contributed by atoms with van der Waals surface area (Å²) >= 11 is 0. The van der Waals surface area contributed by atoms with E-state index in [0.29, 0.717) is 0 Å². The Kier molecular flexibility index (Phi) is 6.84. The minimum absolute atomic E-state index is 1.10. The lowest BCUT2D eigenvalue weighted by atomic mass is 9.83. The predicted molar refractivity (Wildman–Crippen MR) is 202 cm³/mol. The van der Waals surface area contributed by atoms with Gasteiger partial charge in [0.05, 0.1) is 0 Å². The Morgan fingerprint density at radius 2 is 0.792 bits per heavy atom. The minimum Gasteiger partial charge on any atom is -0.264 e. The van der Waals surface area contributed by atoms with Crippen LogP contribution in [0.2, 0.25) is 0 Å². The SMILES string of the molecule is c1ccc(-c2c3ccc(-c4cccnc4)cc3c(-c3ccc(-c4cccc5ccccc45)cc3)c3ccc(-c4cccnc4)cc23)cc1. The number of pyridine rings is 2. The van der Waals surface area contributed by atoms with Crippen LogP contribution in [-0.4, -0.2) is 9.97 Å². The molecule has 7 aromatic carbocycles. The summed E-state index contributed by atoms with van der Waals surface area (Å²) in [6.07, 6.45) is 7.54. The topological polar surface area (TPSA) is 25.8 Å². The average molecular weight is 611 g/mol. The Morgan fingerprint density at radius 3 is 1.40 bits per heavy atom. The van der Waals surface area contributed by atoms with Crippen LogP contribution in [0.1, 0.15) is 0 Å². The molecule has 0 saturated heterocycles. The van der Waals surface area contributed by atoms with Gasteiger partial charge in [0, 0.05) is 35.9 Å². The molecule has 0 radical (unpaired) electrons. The van der Waals surface area contributed by atoms with Crippen LogP contribution < -0.4 is 0 Å². The standard InChI is InChI=1S/C46H30N2/c1-2-10-33(11-3-1)45-41-23-21-36(38-14-8-26-48-30-38)28-44(41)46(42-24-22-35(27-43(42)45)37-13-7-25-47-29-37)34-19-17-32(18-20-34)40-16-6-12-31-9-4-5-15-39(31)40/h1-30H. The van der Waals surface area contributed by atoms with Gasteiger partial charge in [-0.2, -0.15) is 0 Å². The lowest BCUT2D eigenvalue weighted by molar-refractivity contribution is 1.33. The molecule has 0 aliphatic carbocycles. The van der Waals surface area contributed by atoms with E-state index in [2.05, 4.69) is 156 Å². The molecule has 224 valence electrons. The summed E-state index contributed by atoms with van der Waals surface area (Å²) in [5.74, 6) is 0. The summed E-state index contributed by atoms with van der Waals surface area (Å²) in [4.78, 5) is 8.85. The first-order valence-electron chi connectivity index (χ1n) is 16.3. The van der Waals surface area contributed by atoms with E-state index < -0.39 is 0 Å². The molecular formula is C46H30N2. The Hall–Kier alpha value is -6.38. The molecule has 0 aliphatic rings. The van der Waals surface area contributed by atoms with E-state index in [1.165, 1.54) is 65.7 Å². The molecule has 0 aliphatic heterocycles. The largest absolute Gasteiger partial charge is 0.264 e. The van der Waals surface area contributed by atoms with Gasteiger partial charge in [0.1, 0.15) is 0 Å². The van der Waals surface area contributed by atoms with Crippen LogP contribution in [-0.2, 0) is 0 Å². The molecule has 9 rings (SSSR count). The van der Waals surface area contributed by atoms with Crippen molar-refractivity contribution in [1.29, 1.82) is 0 Å². The third kappa shape index (κ3) is 4.83. The maximum atomic E-state index is 4.43. The molecule has 0 bridgehead atoms. The summed E-state index contributed by atoms with van der Waals surface area (Å²) in [5.41, 5.74) is 11.8. The molecular weight excluding hydrogens is 581 g/mol. The van der Waals surface area contributed by atoms with E-state index >= 15 is 0 Å². The molecule has 0 fully saturated rings. The molecule has 2 heterocycles. The zero-order valence-corrected chi connectivity index (χ0v) is 26.2. The van der Waals surface area contributed by atoms with Crippen molar-refractivity contribution in [1.82, 2.24) is 9.97 Å². The van der Waals surface area contributed by atoms with Crippen molar-refractivity contribution in [3.05, 3.63) is 183 Å². The molecule has 9 aromatic rings. The smallest absolute Gasteiger partial charge is 0.0346 e. The van der Waals surface area contributed by atoms with Crippen molar-refractivity contribution in [3.63, 3.8) is 0 Å². The maximum Gasteiger partial charge on any atom is 0.0346 e. The molecule has 0 amide bonds. The van der Waals surface area contributed by atoms with E-state index in [9.17, 15) is 0 Å². The Bertz CT molecular complexity index is 2570. The van der Waals surface area contributed by atoms with Crippen molar-refractivity contribution >= 4 is 32.3 Å². The van der Waals surface area contributed by atoms with Gasteiger partial charge in [-0.05, 0) is 101 Å². The van der Waals surface area contributed by atoms with Crippen LogP contribution in [0, 0.1) is 0 Å². The third-order valence-electron chi connectivity index (χ3n) is 9.44. The molecule has 0 spiro atoms. The van der Waals surface area contributed by atoms with E-state index in [4.69, 9.17) is 0 Å². The summed E-state index contributed by atoms with van der Waals surface area (Å²) in [6.45, 7) is 0. The first-order chi connectivity index (χ1) is 23.8. The van der Waals surface area contributed by atoms with Crippen LogP contribution in [0.25, 0.3) is 88.0 Å². The molecule has 0 unspecified atom stereocenters. The fourth-order valence-corrected chi connectivity index (χ4v) is 7.17. The Balaban J connectivity index is 1.34. The van der Waals surface area contributed by atoms with Crippen LogP contribution >= 0.6 is 0 Å². The predicted octanol–water partition coefficient (Wildman–Crippen LogP) is 12.3.